The summed E-state index contributed by atoms with van der Waals surface area (Å²) in [4.78, 5) is 12.4. The second-order valence-corrected chi connectivity index (χ2v) is 3.61. The highest BCUT2D eigenvalue weighted by atomic mass is 19.1. The summed E-state index contributed by atoms with van der Waals surface area (Å²) < 4.78 is 13.5. The zero-order valence-electron chi connectivity index (χ0n) is 8.96. The lowest BCUT2D eigenvalue weighted by Gasteiger charge is -2.21. The van der Waals surface area contributed by atoms with Crippen LogP contribution in [0.25, 0.3) is 0 Å². The minimum absolute atomic E-state index is 0.329. The molecule has 1 aromatic rings. The quantitative estimate of drug-likeness (QED) is 0.558. The summed E-state index contributed by atoms with van der Waals surface area (Å²) >= 11 is 0. The molecule has 0 atom stereocenters. The summed E-state index contributed by atoms with van der Waals surface area (Å²) in [5, 5.41) is 0. The van der Waals surface area contributed by atoms with Crippen LogP contribution >= 0.6 is 0 Å². The van der Waals surface area contributed by atoms with E-state index in [1.807, 2.05) is 6.92 Å². The molecule has 2 nitrogen and oxygen atoms in total. The first kappa shape index (κ1) is 11.4. The number of anilines is 1. The van der Waals surface area contributed by atoms with E-state index >= 15 is 0 Å². The number of aldehydes is 1. The Morgan fingerprint density at radius 3 is 2.80 bits per heavy atom. The van der Waals surface area contributed by atoms with Crippen LogP contribution in [0.1, 0.15) is 17.3 Å². The van der Waals surface area contributed by atoms with Gasteiger partial charge in [0.25, 0.3) is 0 Å². The van der Waals surface area contributed by atoms with E-state index in [2.05, 4.69) is 6.58 Å². The van der Waals surface area contributed by atoms with Crippen LogP contribution in [-0.4, -0.2) is 19.9 Å². The standard InChI is InChI=1S/C12H14FNO/c1-9(2)7-14(3)12-10(8-15)5-4-6-11(12)13/h4-6,8H,1,7H2,2-3H3. The van der Waals surface area contributed by atoms with Crippen molar-refractivity contribution in [2.75, 3.05) is 18.5 Å². The van der Waals surface area contributed by atoms with Crippen LogP contribution in [0.2, 0.25) is 0 Å². The molecule has 1 rings (SSSR count). The maximum absolute atomic E-state index is 13.5. The van der Waals surface area contributed by atoms with Crippen LogP contribution in [-0.2, 0) is 0 Å². The third-order valence-corrected chi connectivity index (χ3v) is 2.03. The smallest absolute Gasteiger partial charge is 0.152 e. The van der Waals surface area contributed by atoms with Gasteiger partial charge in [-0.2, -0.15) is 0 Å². The highest BCUT2D eigenvalue weighted by Gasteiger charge is 2.11. The number of carbonyl (C=O) groups excluding carboxylic acids is 1. The highest BCUT2D eigenvalue weighted by Crippen LogP contribution is 2.22. The number of halogens is 1. The molecule has 0 radical (unpaired) electrons. The number of hydrogen-bond donors (Lipinski definition) is 0. The van der Waals surface area contributed by atoms with Gasteiger partial charge in [0, 0.05) is 19.2 Å². The fraction of sp³-hybridized carbons (Fsp3) is 0.250. The first-order valence-corrected chi connectivity index (χ1v) is 4.65. The molecule has 0 bridgehead atoms. The second kappa shape index (κ2) is 4.73. The first-order valence-electron chi connectivity index (χ1n) is 4.65. The van der Waals surface area contributed by atoms with Crippen molar-refractivity contribution in [1.82, 2.24) is 0 Å². The van der Waals surface area contributed by atoms with E-state index in [-0.39, 0.29) is 5.82 Å². The number of benzene rings is 1. The van der Waals surface area contributed by atoms with E-state index < -0.39 is 0 Å². The number of nitrogens with zero attached hydrogens (tertiary/aromatic N) is 1. The summed E-state index contributed by atoms with van der Waals surface area (Å²) in [7, 11) is 1.74. The lowest BCUT2D eigenvalue weighted by Crippen LogP contribution is -2.21. The Morgan fingerprint density at radius 1 is 1.60 bits per heavy atom. The van der Waals surface area contributed by atoms with Crippen LogP contribution in [0.15, 0.2) is 30.4 Å². The number of hydrogen-bond acceptors (Lipinski definition) is 2. The van der Waals surface area contributed by atoms with Gasteiger partial charge in [-0.15, -0.1) is 0 Å². The minimum Gasteiger partial charge on any atom is -0.368 e. The topological polar surface area (TPSA) is 20.3 Å². The van der Waals surface area contributed by atoms with Gasteiger partial charge in [0.15, 0.2) is 6.29 Å². The summed E-state index contributed by atoms with van der Waals surface area (Å²) in [6.07, 6.45) is 0.660. The number of para-hydroxylation sites is 1. The first-order chi connectivity index (χ1) is 7.06. The van der Waals surface area contributed by atoms with Crippen LogP contribution in [0, 0.1) is 5.82 Å². The molecule has 0 aliphatic rings. The van der Waals surface area contributed by atoms with E-state index in [1.165, 1.54) is 12.1 Å². The molecular formula is C12H14FNO. The molecule has 0 saturated heterocycles. The Bertz CT molecular complexity index is 387. The lowest BCUT2D eigenvalue weighted by atomic mass is 10.1. The van der Waals surface area contributed by atoms with Crippen molar-refractivity contribution in [2.45, 2.75) is 6.92 Å². The van der Waals surface area contributed by atoms with Crippen molar-refractivity contribution in [2.24, 2.45) is 0 Å². The largest absolute Gasteiger partial charge is 0.368 e. The second-order valence-electron chi connectivity index (χ2n) is 3.61. The SMILES string of the molecule is C=C(C)CN(C)c1c(F)cccc1C=O. The Kier molecular flexibility index (Phi) is 3.61. The van der Waals surface area contributed by atoms with Crippen LogP contribution in [0.3, 0.4) is 0 Å². The average Bonchev–Trinajstić information content (AvgIpc) is 2.15. The van der Waals surface area contributed by atoms with Gasteiger partial charge in [-0.3, -0.25) is 4.79 Å². The summed E-state index contributed by atoms with van der Waals surface area (Å²) in [6.45, 7) is 6.14. The fourth-order valence-corrected chi connectivity index (χ4v) is 1.51. The number of rotatable bonds is 4. The Hall–Kier alpha value is -1.64. The summed E-state index contributed by atoms with van der Waals surface area (Å²) in [5.41, 5.74) is 1.60. The molecule has 0 aliphatic heterocycles. The molecule has 3 heteroatoms. The Balaban J connectivity index is 3.10. The number of carbonyl (C=O) groups is 1. The molecule has 0 aliphatic carbocycles. The van der Waals surface area contributed by atoms with E-state index in [0.717, 1.165) is 5.57 Å². The monoisotopic (exact) mass is 207 g/mol. The van der Waals surface area contributed by atoms with Gasteiger partial charge in [-0.05, 0) is 19.1 Å². The van der Waals surface area contributed by atoms with Crippen LogP contribution < -0.4 is 4.90 Å². The predicted molar refractivity (Wildman–Crippen MR) is 59.9 cm³/mol. The lowest BCUT2D eigenvalue weighted by molar-refractivity contribution is 0.112. The van der Waals surface area contributed by atoms with E-state index in [1.54, 1.807) is 18.0 Å². The molecule has 80 valence electrons. The Morgan fingerprint density at radius 2 is 2.27 bits per heavy atom. The maximum Gasteiger partial charge on any atom is 0.152 e. The van der Waals surface area contributed by atoms with Crippen molar-refractivity contribution in [3.8, 4) is 0 Å². The average molecular weight is 207 g/mol. The molecule has 15 heavy (non-hydrogen) atoms. The van der Waals surface area contributed by atoms with Crippen molar-refractivity contribution < 1.29 is 9.18 Å². The molecule has 0 unspecified atom stereocenters. The zero-order chi connectivity index (χ0) is 11.4. The van der Waals surface area contributed by atoms with Crippen molar-refractivity contribution in [1.29, 1.82) is 0 Å². The van der Waals surface area contributed by atoms with Crippen LogP contribution in [0.5, 0.6) is 0 Å². The van der Waals surface area contributed by atoms with Crippen molar-refractivity contribution >= 4 is 12.0 Å². The molecule has 0 spiro atoms. The molecule has 0 amide bonds. The third kappa shape index (κ3) is 2.65. The Labute approximate surface area is 89.0 Å². The molecule has 0 heterocycles. The third-order valence-electron chi connectivity index (χ3n) is 2.03. The van der Waals surface area contributed by atoms with Gasteiger partial charge in [-0.25, -0.2) is 4.39 Å². The van der Waals surface area contributed by atoms with Crippen molar-refractivity contribution in [3.63, 3.8) is 0 Å². The molecule has 0 aromatic heterocycles. The molecule has 0 saturated carbocycles. The minimum atomic E-state index is -0.386. The van der Waals surface area contributed by atoms with Crippen LogP contribution in [0.4, 0.5) is 10.1 Å². The molecule has 0 N–H and O–H groups in total. The van der Waals surface area contributed by atoms with Gasteiger partial charge in [0.1, 0.15) is 5.82 Å². The van der Waals surface area contributed by atoms with Crippen molar-refractivity contribution in [3.05, 3.63) is 41.7 Å². The van der Waals surface area contributed by atoms with Gasteiger partial charge in [0.2, 0.25) is 0 Å². The van der Waals surface area contributed by atoms with Gasteiger partial charge in [-0.1, -0.05) is 18.2 Å². The van der Waals surface area contributed by atoms with E-state index in [4.69, 9.17) is 0 Å². The maximum atomic E-state index is 13.5. The molecular weight excluding hydrogens is 193 g/mol. The summed E-state index contributed by atoms with van der Waals surface area (Å²) in [6, 6.07) is 4.47. The summed E-state index contributed by atoms with van der Waals surface area (Å²) in [5.74, 6) is -0.386. The predicted octanol–water partition coefficient (Wildman–Crippen LogP) is 2.65. The van der Waals surface area contributed by atoms with Gasteiger partial charge >= 0.3 is 0 Å². The van der Waals surface area contributed by atoms with E-state index in [0.29, 0.717) is 24.1 Å². The van der Waals surface area contributed by atoms with Gasteiger partial charge in [0.05, 0.1) is 5.69 Å². The normalized spacial score (nSPS) is 9.80. The molecule has 1 aromatic carbocycles. The number of likely N-dealkylation sites (N-methyl/N-ethyl adjacent to an activating group) is 1. The van der Waals surface area contributed by atoms with E-state index in [9.17, 15) is 9.18 Å². The zero-order valence-corrected chi connectivity index (χ0v) is 8.96. The van der Waals surface area contributed by atoms with Gasteiger partial charge < -0.3 is 4.90 Å². The fourth-order valence-electron chi connectivity index (χ4n) is 1.51. The highest BCUT2D eigenvalue weighted by molar-refractivity contribution is 5.84. The molecule has 0 fully saturated rings.